The van der Waals surface area contributed by atoms with Crippen molar-refractivity contribution in [1.82, 2.24) is 9.97 Å². The molecule has 0 radical (unpaired) electrons. The lowest BCUT2D eigenvalue weighted by molar-refractivity contribution is -0.137. The van der Waals surface area contributed by atoms with Crippen LogP contribution in [0.2, 0.25) is 0 Å². The number of rotatable bonds is 9. The molecule has 0 aliphatic rings. The van der Waals surface area contributed by atoms with Gasteiger partial charge in [0.1, 0.15) is 17.1 Å². The molecule has 2 aromatic carbocycles. The van der Waals surface area contributed by atoms with Crippen molar-refractivity contribution in [2.45, 2.75) is 39.5 Å². The molecule has 0 aliphatic heterocycles. The van der Waals surface area contributed by atoms with Crippen molar-refractivity contribution in [3.63, 3.8) is 0 Å². The lowest BCUT2D eigenvalue weighted by Crippen LogP contribution is -2.21. The van der Waals surface area contributed by atoms with E-state index in [0.29, 0.717) is 29.5 Å². The minimum Gasteiger partial charge on any atom is -0.494 e. The molecule has 182 valence electrons. The van der Waals surface area contributed by atoms with E-state index in [2.05, 4.69) is 9.97 Å². The van der Waals surface area contributed by atoms with Crippen molar-refractivity contribution in [2.24, 2.45) is 0 Å². The summed E-state index contributed by atoms with van der Waals surface area (Å²) in [5, 5.41) is 0. The Bertz CT molecular complexity index is 1070. The van der Waals surface area contributed by atoms with Gasteiger partial charge in [-0.05, 0) is 68.8 Å². The van der Waals surface area contributed by atoms with E-state index in [-0.39, 0.29) is 17.9 Å². The molecule has 0 aliphatic carbocycles. The molecule has 0 saturated carbocycles. The maximum atomic E-state index is 13.8. The summed E-state index contributed by atoms with van der Waals surface area (Å²) < 4.78 is 52.5. The number of halogens is 3. The molecule has 0 unspecified atom stereocenters. The molecular formula is C25H29F3N4O2. The summed E-state index contributed by atoms with van der Waals surface area (Å²) in [5.74, 6) is 1.25. The molecule has 0 fully saturated rings. The van der Waals surface area contributed by atoms with Gasteiger partial charge in [0, 0.05) is 31.7 Å². The summed E-state index contributed by atoms with van der Waals surface area (Å²) in [4.78, 5) is 11.3. The van der Waals surface area contributed by atoms with Gasteiger partial charge in [0.25, 0.3) is 0 Å². The first kappa shape index (κ1) is 25.1. The molecule has 6 nitrogen and oxygen atoms in total. The highest BCUT2D eigenvalue weighted by atomic mass is 19.4. The van der Waals surface area contributed by atoms with Gasteiger partial charge < -0.3 is 19.3 Å². The summed E-state index contributed by atoms with van der Waals surface area (Å²) in [5.41, 5.74) is 0.331. The zero-order valence-corrected chi connectivity index (χ0v) is 19.9. The van der Waals surface area contributed by atoms with Crippen LogP contribution in [0.1, 0.15) is 32.8 Å². The molecule has 0 bridgehead atoms. The average molecular weight is 475 g/mol. The number of hydrogen-bond donors (Lipinski definition) is 0. The second kappa shape index (κ2) is 10.6. The van der Waals surface area contributed by atoms with Gasteiger partial charge in [-0.1, -0.05) is 6.92 Å². The second-order valence-electron chi connectivity index (χ2n) is 8.03. The van der Waals surface area contributed by atoms with E-state index in [4.69, 9.17) is 9.47 Å². The van der Waals surface area contributed by atoms with Crippen LogP contribution in [0, 0.1) is 0 Å². The molecule has 1 aromatic heterocycles. The molecule has 3 aromatic rings. The van der Waals surface area contributed by atoms with E-state index < -0.39 is 11.7 Å². The van der Waals surface area contributed by atoms with E-state index in [1.54, 1.807) is 67.5 Å². The van der Waals surface area contributed by atoms with Gasteiger partial charge in [-0.3, -0.25) is 0 Å². The highest BCUT2D eigenvalue weighted by molar-refractivity contribution is 5.66. The molecule has 0 saturated heterocycles. The number of hydrogen-bond acceptors (Lipinski definition) is 6. The fourth-order valence-electron chi connectivity index (χ4n) is 3.23. The molecule has 0 amide bonds. The third-order valence-electron chi connectivity index (χ3n) is 4.97. The fourth-order valence-corrected chi connectivity index (χ4v) is 3.23. The van der Waals surface area contributed by atoms with Crippen molar-refractivity contribution >= 4 is 23.1 Å². The van der Waals surface area contributed by atoms with E-state index in [1.165, 1.54) is 4.90 Å². The highest BCUT2D eigenvalue weighted by Gasteiger charge is 2.37. The van der Waals surface area contributed by atoms with E-state index in [9.17, 15) is 13.2 Å². The molecule has 0 atom stereocenters. The number of aromatic nitrogens is 2. The van der Waals surface area contributed by atoms with Crippen LogP contribution in [0.15, 0.2) is 54.7 Å². The van der Waals surface area contributed by atoms with Crippen LogP contribution >= 0.6 is 0 Å². The zero-order valence-electron chi connectivity index (χ0n) is 19.9. The summed E-state index contributed by atoms with van der Waals surface area (Å²) in [6.45, 7) is 6.43. The summed E-state index contributed by atoms with van der Waals surface area (Å²) in [7, 11) is 3.24. The van der Waals surface area contributed by atoms with Crippen LogP contribution in [-0.4, -0.2) is 36.8 Å². The van der Waals surface area contributed by atoms with Crippen molar-refractivity contribution in [3.05, 3.63) is 60.3 Å². The Kier molecular flexibility index (Phi) is 7.86. The zero-order chi connectivity index (χ0) is 24.9. The van der Waals surface area contributed by atoms with Gasteiger partial charge >= 0.3 is 6.18 Å². The minimum atomic E-state index is -4.61. The third-order valence-corrected chi connectivity index (χ3v) is 4.97. The summed E-state index contributed by atoms with van der Waals surface area (Å²) in [6.07, 6.45) is -2.89. The van der Waals surface area contributed by atoms with Crippen molar-refractivity contribution in [3.8, 4) is 11.5 Å². The van der Waals surface area contributed by atoms with Gasteiger partial charge in [-0.25, -0.2) is 4.98 Å². The van der Waals surface area contributed by atoms with E-state index in [1.807, 2.05) is 20.8 Å². The van der Waals surface area contributed by atoms with Crippen LogP contribution in [-0.2, 0) is 6.18 Å². The maximum absolute atomic E-state index is 13.8. The molecular weight excluding hydrogens is 445 g/mol. The number of anilines is 4. The smallest absolute Gasteiger partial charge is 0.421 e. The largest absolute Gasteiger partial charge is 0.494 e. The number of benzene rings is 2. The molecule has 0 N–H and O–H groups in total. The molecule has 9 heteroatoms. The fraction of sp³-hybridized carbons (Fsp3) is 0.360. The van der Waals surface area contributed by atoms with E-state index in [0.717, 1.165) is 12.6 Å². The summed E-state index contributed by atoms with van der Waals surface area (Å²) >= 11 is 0. The van der Waals surface area contributed by atoms with E-state index >= 15 is 0 Å². The average Bonchev–Trinajstić information content (AvgIpc) is 2.81. The molecule has 1 heterocycles. The van der Waals surface area contributed by atoms with Crippen LogP contribution in [0.3, 0.4) is 0 Å². The van der Waals surface area contributed by atoms with Crippen LogP contribution in [0.5, 0.6) is 11.5 Å². The van der Waals surface area contributed by atoms with Gasteiger partial charge in [0.05, 0.1) is 12.7 Å². The number of nitrogens with zero attached hydrogens (tertiary/aromatic N) is 4. The molecule has 34 heavy (non-hydrogen) atoms. The first-order chi connectivity index (χ1) is 16.1. The minimum absolute atomic E-state index is 0.0344. The predicted molar refractivity (Wildman–Crippen MR) is 128 cm³/mol. The normalized spacial score (nSPS) is 11.4. The van der Waals surface area contributed by atoms with Crippen molar-refractivity contribution in [2.75, 3.05) is 30.5 Å². The topological polar surface area (TPSA) is 50.7 Å². The first-order valence-electron chi connectivity index (χ1n) is 11.0. The Labute approximate surface area is 198 Å². The highest BCUT2D eigenvalue weighted by Crippen LogP contribution is 2.38. The van der Waals surface area contributed by atoms with Gasteiger partial charge in [-0.15, -0.1) is 0 Å². The van der Waals surface area contributed by atoms with Gasteiger partial charge in [-0.2, -0.15) is 18.2 Å². The maximum Gasteiger partial charge on any atom is 0.421 e. The second-order valence-corrected chi connectivity index (χ2v) is 8.03. The monoisotopic (exact) mass is 474 g/mol. The SMILES string of the molecule is CCCOc1ccc(N(C)c2nc(N(C)c3ccc(OC(C)C)cc3)ncc2C(F)(F)F)cc1. The molecule has 3 rings (SSSR count). The van der Waals surface area contributed by atoms with Crippen molar-refractivity contribution in [1.29, 1.82) is 0 Å². The Hall–Kier alpha value is -3.49. The van der Waals surface area contributed by atoms with Crippen LogP contribution < -0.4 is 19.3 Å². The lowest BCUT2D eigenvalue weighted by atomic mass is 10.2. The lowest BCUT2D eigenvalue weighted by Gasteiger charge is -2.25. The summed E-state index contributed by atoms with van der Waals surface area (Å²) in [6, 6.07) is 14.0. The van der Waals surface area contributed by atoms with Crippen LogP contribution in [0.4, 0.5) is 36.3 Å². The first-order valence-corrected chi connectivity index (χ1v) is 11.0. The Morgan fingerprint density at radius 1 is 0.882 bits per heavy atom. The Balaban J connectivity index is 1.93. The Morgan fingerprint density at radius 3 is 1.97 bits per heavy atom. The number of alkyl halides is 3. The quantitative estimate of drug-likeness (QED) is 0.348. The Morgan fingerprint density at radius 2 is 1.44 bits per heavy atom. The van der Waals surface area contributed by atoms with Gasteiger partial charge in [0.2, 0.25) is 5.95 Å². The van der Waals surface area contributed by atoms with Crippen molar-refractivity contribution < 1.29 is 22.6 Å². The van der Waals surface area contributed by atoms with Crippen LogP contribution in [0.25, 0.3) is 0 Å². The third kappa shape index (κ3) is 6.09. The predicted octanol–water partition coefficient (Wildman–Crippen LogP) is 6.61. The standard InChI is InChI=1S/C25H29F3N4O2/c1-6-15-33-20-11-7-18(8-12-20)31(4)23-22(25(26,27)28)16-29-24(30-23)32(5)19-9-13-21(14-10-19)34-17(2)3/h7-14,16-17H,6,15H2,1-5H3. The number of ether oxygens (including phenoxy) is 2. The van der Waals surface area contributed by atoms with Gasteiger partial charge in [0.15, 0.2) is 5.82 Å². The molecule has 0 spiro atoms.